The molecule has 148 valence electrons. The second-order valence-corrected chi connectivity index (χ2v) is 10.1. The van der Waals surface area contributed by atoms with Crippen LogP contribution in [0.2, 0.25) is 0 Å². The summed E-state index contributed by atoms with van der Waals surface area (Å²) in [4.78, 5) is 5.38. The van der Waals surface area contributed by atoms with Gasteiger partial charge in [0.1, 0.15) is 5.75 Å². The zero-order valence-corrected chi connectivity index (χ0v) is 17.4. The number of hydrogen-bond acceptors (Lipinski definition) is 4. The van der Waals surface area contributed by atoms with Crippen LogP contribution in [0, 0.1) is 11.3 Å². The summed E-state index contributed by atoms with van der Waals surface area (Å²) in [5.41, 5.74) is 3.83. The Hall–Kier alpha value is -1.10. The third-order valence-electron chi connectivity index (χ3n) is 8.29. The molecule has 4 nitrogen and oxygen atoms in total. The van der Waals surface area contributed by atoms with Crippen molar-refractivity contribution >= 4 is 0 Å². The van der Waals surface area contributed by atoms with Gasteiger partial charge in [-0.1, -0.05) is 13.0 Å². The molecule has 2 bridgehead atoms. The molecule has 1 aromatic carbocycles. The molecular formula is C23H35N3O. The van der Waals surface area contributed by atoms with Crippen molar-refractivity contribution in [1.29, 1.82) is 0 Å². The second-order valence-electron chi connectivity index (χ2n) is 10.1. The van der Waals surface area contributed by atoms with E-state index in [1.54, 1.807) is 18.2 Å². The molecule has 1 N–H and O–H groups in total. The number of likely N-dealkylation sites (tertiary alicyclic amines) is 1. The van der Waals surface area contributed by atoms with E-state index >= 15 is 0 Å². The standard InChI is InChI=1S/C23H35N3O/c1-22-14-23(12-17-5-6-18(27-4)11-19(17)22)15-26(3)21(23)20(22)25(2)13-16-7-9-24-10-8-16/h5-6,11,16,20-21,24H,7-10,12-15H2,1-4H3/t20-,21?,22+,23?/m0/s1. The smallest absolute Gasteiger partial charge is 0.119 e. The molecule has 0 amide bonds. The van der Waals surface area contributed by atoms with Gasteiger partial charge in [-0.25, -0.2) is 0 Å². The lowest BCUT2D eigenvalue weighted by Gasteiger charge is -2.55. The number of likely N-dealkylation sites (N-methyl/N-ethyl adjacent to an activating group) is 2. The van der Waals surface area contributed by atoms with Crippen LogP contribution in [0.4, 0.5) is 0 Å². The summed E-state index contributed by atoms with van der Waals surface area (Å²) >= 11 is 0. The molecule has 4 atom stereocenters. The van der Waals surface area contributed by atoms with Gasteiger partial charge in [0.25, 0.3) is 0 Å². The van der Waals surface area contributed by atoms with Gasteiger partial charge in [0, 0.05) is 36.0 Å². The van der Waals surface area contributed by atoms with Gasteiger partial charge >= 0.3 is 0 Å². The Morgan fingerprint density at radius 1 is 1.30 bits per heavy atom. The number of nitrogens with zero attached hydrogens (tertiary/aromatic N) is 2. The molecular weight excluding hydrogens is 334 g/mol. The van der Waals surface area contributed by atoms with E-state index in [1.807, 2.05) is 0 Å². The van der Waals surface area contributed by atoms with E-state index in [1.165, 1.54) is 51.9 Å². The summed E-state index contributed by atoms with van der Waals surface area (Å²) in [6.45, 7) is 7.42. The Labute approximate surface area is 164 Å². The molecule has 2 heterocycles. The Morgan fingerprint density at radius 3 is 2.78 bits per heavy atom. The minimum atomic E-state index is 0.221. The maximum atomic E-state index is 5.61. The van der Waals surface area contributed by atoms with E-state index in [2.05, 4.69) is 54.3 Å². The van der Waals surface area contributed by atoms with Crippen LogP contribution in [0.3, 0.4) is 0 Å². The van der Waals surface area contributed by atoms with Crippen LogP contribution in [0.15, 0.2) is 18.2 Å². The second kappa shape index (κ2) is 6.20. The van der Waals surface area contributed by atoms with E-state index in [0.29, 0.717) is 17.5 Å². The highest BCUT2D eigenvalue weighted by Gasteiger charge is 2.69. The zero-order chi connectivity index (χ0) is 18.8. The van der Waals surface area contributed by atoms with Crippen molar-refractivity contribution in [2.45, 2.75) is 50.1 Å². The minimum Gasteiger partial charge on any atom is -0.497 e. The summed E-state index contributed by atoms with van der Waals surface area (Å²) in [5.74, 6) is 1.85. The highest BCUT2D eigenvalue weighted by molar-refractivity contribution is 5.49. The van der Waals surface area contributed by atoms with Crippen LogP contribution in [0.5, 0.6) is 5.75 Å². The van der Waals surface area contributed by atoms with Crippen molar-refractivity contribution in [1.82, 2.24) is 15.1 Å². The molecule has 3 fully saturated rings. The van der Waals surface area contributed by atoms with E-state index in [4.69, 9.17) is 4.74 Å². The van der Waals surface area contributed by atoms with E-state index < -0.39 is 0 Å². The van der Waals surface area contributed by atoms with Crippen LogP contribution in [-0.4, -0.2) is 69.3 Å². The van der Waals surface area contributed by atoms with Gasteiger partial charge in [-0.3, -0.25) is 0 Å². The van der Waals surface area contributed by atoms with Crippen LogP contribution in [-0.2, 0) is 11.8 Å². The lowest BCUT2D eigenvalue weighted by Crippen LogP contribution is -2.66. The molecule has 2 saturated heterocycles. The van der Waals surface area contributed by atoms with Gasteiger partial charge in [0.15, 0.2) is 0 Å². The Kier molecular flexibility index (Phi) is 4.12. The summed E-state index contributed by atoms with van der Waals surface area (Å²) in [5, 5.41) is 3.52. The average molecular weight is 370 g/mol. The molecule has 1 saturated carbocycles. The van der Waals surface area contributed by atoms with Crippen LogP contribution >= 0.6 is 0 Å². The van der Waals surface area contributed by atoms with Crippen molar-refractivity contribution in [3.63, 3.8) is 0 Å². The van der Waals surface area contributed by atoms with Crippen LogP contribution in [0.1, 0.15) is 37.3 Å². The molecule has 2 unspecified atom stereocenters. The maximum Gasteiger partial charge on any atom is 0.119 e. The van der Waals surface area contributed by atoms with E-state index in [0.717, 1.165) is 11.7 Å². The molecule has 5 rings (SSSR count). The highest BCUT2D eigenvalue weighted by atomic mass is 16.5. The lowest BCUT2D eigenvalue weighted by molar-refractivity contribution is -0.0601. The first kappa shape index (κ1) is 18.0. The predicted molar refractivity (Wildman–Crippen MR) is 110 cm³/mol. The van der Waals surface area contributed by atoms with Crippen molar-refractivity contribution in [2.75, 3.05) is 47.4 Å². The molecule has 0 aromatic heterocycles. The quantitative estimate of drug-likeness (QED) is 0.883. The number of piperidine rings is 1. The van der Waals surface area contributed by atoms with Gasteiger partial charge in [-0.2, -0.15) is 0 Å². The Morgan fingerprint density at radius 2 is 2.07 bits per heavy atom. The van der Waals surface area contributed by atoms with Gasteiger partial charge in [-0.05, 0) is 82.0 Å². The lowest BCUT2D eigenvalue weighted by atomic mass is 9.63. The third-order valence-corrected chi connectivity index (χ3v) is 8.29. The summed E-state index contributed by atoms with van der Waals surface area (Å²) in [6, 6.07) is 8.14. The Balaban J connectivity index is 1.51. The predicted octanol–water partition coefficient (Wildman–Crippen LogP) is 2.51. The first-order valence-electron chi connectivity index (χ1n) is 10.8. The molecule has 0 radical (unpaired) electrons. The number of ether oxygens (including phenoxy) is 1. The number of rotatable bonds is 4. The SMILES string of the molecule is COc1ccc2c(c1)[C@@]1(C)CC3(C2)CN(C)C3[C@@H]1N(C)CC1CCNCC1. The molecule has 1 spiro atoms. The monoisotopic (exact) mass is 369 g/mol. The first-order valence-corrected chi connectivity index (χ1v) is 10.8. The molecule has 27 heavy (non-hydrogen) atoms. The van der Waals surface area contributed by atoms with E-state index in [9.17, 15) is 0 Å². The number of nitrogens with one attached hydrogen (secondary N) is 1. The van der Waals surface area contributed by atoms with Crippen molar-refractivity contribution in [2.24, 2.45) is 11.3 Å². The number of benzene rings is 1. The largest absolute Gasteiger partial charge is 0.497 e. The van der Waals surface area contributed by atoms with Crippen molar-refractivity contribution in [3.8, 4) is 5.75 Å². The average Bonchev–Trinajstić information content (AvgIpc) is 2.83. The van der Waals surface area contributed by atoms with Crippen molar-refractivity contribution in [3.05, 3.63) is 29.3 Å². The molecule has 4 aliphatic rings. The minimum absolute atomic E-state index is 0.221. The number of hydrogen-bond donors (Lipinski definition) is 1. The van der Waals surface area contributed by atoms with Crippen molar-refractivity contribution < 1.29 is 4.74 Å². The van der Waals surface area contributed by atoms with Crippen LogP contribution < -0.4 is 10.1 Å². The maximum absolute atomic E-state index is 5.61. The topological polar surface area (TPSA) is 27.7 Å². The van der Waals surface area contributed by atoms with E-state index in [-0.39, 0.29) is 5.41 Å². The van der Waals surface area contributed by atoms with Crippen LogP contribution in [0.25, 0.3) is 0 Å². The first-order chi connectivity index (χ1) is 13.0. The molecule has 4 heteroatoms. The zero-order valence-electron chi connectivity index (χ0n) is 17.4. The fraction of sp³-hybridized carbons (Fsp3) is 0.739. The Bertz CT molecular complexity index is 730. The van der Waals surface area contributed by atoms with Gasteiger partial charge in [0.2, 0.25) is 0 Å². The highest BCUT2D eigenvalue weighted by Crippen LogP contribution is 2.64. The third kappa shape index (κ3) is 2.53. The summed E-state index contributed by atoms with van der Waals surface area (Å²) in [7, 11) is 6.54. The van der Waals surface area contributed by atoms with Gasteiger partial charge in [-0.15, -0.1) is 0 Å². The van der Waals surface area contributed by atoms with Gasteiger partial charge < -0.3 is 19.9 Å². The number of methoxy groups -OCH3 is 1. The summed E-state index contributed by atoms with van der Waals surface area (Å²) < 4.78 is 5.61. The normalized spacial score (nSPS) is 38.4. The number of fused-ring (bicyclic) bond motifs is 3. The summed E-state index contributed by atoms with van der Waals surface area (Å²) in [6.07, 6.45) is 5.22. The molecule has 1 aromatic rings. The molecule has 2 aliphatic heterocycles. The molecule has 2 aliphatic carbocycles. The van der Waals surface area contributed by atoms with Gasteiger partial charge in [0.05, 0.1) is 7.11 Å². The fourth-order valence-electron chi connectivity index (χ4n) is 7.50. The fourth-order valence-corrected chi connectivity index (χ4v) is 7.50.